The molecule has 0 saturated carbocycles. The van der Waals surface area contributed by atoms with E-state index in [0.29, 0.717) is 0 Å². The molecule has 0 radical (unpaired) electrons. The maximum absolute atomic E-state index is 4.83. The van der Waals surface area contributed by atoms with Gasteiger partial charge in [0.15, 0.2) is 0 Å². The van der Waals surface area contributed by atoms with Crippen molar-refractivity contribution in [3.8, 4) is 43.4 Å². The predicted molar refractivity (Wildman–Crippen MR) is 209 cm³/mol. The lowest BCUT2D eigenvalue weighted by atomic mass is 10.0. The average Bonchev–Trinajstić information content (AvgIpc) is 3.81. The van der Waals surface area contributed by atoms with Crippen LogP contribution in [0.1, 0.15) is 0 Å². The van der Waals surface area contributed by atoms with Crippen LogP contribution in [-0.2, 0) is 0 Å². The van der Waals surface area contributed by atoms with Gasteiger partial charge in [0, 0.05) is 28.2 Å². The first kappa shape index (κ1) is 29.3. The topological polar surface area (TPSA) is 29.0 Å². The largest absolute Gasteiger partial charge is 0.311 e. The Morgan fingerprint density at radius 3 is 1.04 bits per heavy atom. The SMILES string of the molecule is c1ccc(N(c2ccc(-c3ccc(-c4nc5ccccc5s4)cc3)cc2)c2ccc(-c3ccc(-c4nc5ccccc5s4)cc3)cc2)cc1. The third-order valence-corrected chi connectivity index (χ3v) is 11.0. The molecule has 0 amide bonds. The number of hydrogen-bond donors (Lipinski definition) is 0. The molecule has 9 aromatic rings. The summed E-state index contributed by atoms with van der Waals surface area (Å²) in [5, 5.41) is 2.10. The van der Waals surface area contributed by atoms with E-state index >= 15 is 0 Å². The lowest BCUT2D eigenvalue weighted by Gasteiger charge is -2.26. The summed E-state index contributed by atoms with van der Waals surface area (Å²) in [6, 6.07) is 62.3. The predicted octanol–water partition coefficient (Wildman–Crippen LogP) is 13.0. The van der Waals surface area contributed by atoms with Gasteiger partial charge in [-0.3, -0.25) is 0 Å². The fourth-order valence-corrected chi connectivity index (χ4v) is 8.17. The van der Waals surface area contributed by atoms with Crippen molar-refractivity contribution in [3.63, 3.8) is 0 Å². The molecule has 0 unspecified atom stereocenters. The van der Waals surface area contributed by atoms with Gasteiger partial charge in [-0.15, -0.1) is 22.7 Å². The summed E-state index contributed by atoms with van der Waals surface area (Å²) in [6.45, 7) is 0. The Morgan fingerprint density at radius 1 is 0.306 bits per heavy atom. The van der Waals surface area contributed by atoms with Crippen LogP contribution < -0.4 is 4.90 Å². The lowest BCUT2D eigenvalue weighted by Crippen LogP contribution is -2.09. The molecule has 7 aromatic carbocycles. The van der Waals surface area contributed by atoms with E-state index in [1.54, 1.807) is 22.7 Å². The van der Waals surface area contributed by atoms with Crippen molar-refractivity contribution in [2.75, 3.05) is 4.90 Å². The molecule has 5 heteroatoms. The first-order valence-electron chi connectivity index (χ1n) is 16.2. The van der Waals surface area contributed by atoms with Crippen LogP contribution in [0, 0.1) is 0 Å². The number of para-hydroxylation sites is 3. The highest BCUT2D eigenvalue weighted by Gasteiger charge is 2.14. The van der Waals surface area contributed by atoms with Gasteiger partial charge in [0.1, 0.15) is 10.0 Å². The smallest absolute Gasteiger partial charge is 0.124 e. The molecule has 0 aliphatic rings. The van der Waals surface area contributed by atoms with Crippen molar-refractivity contribution in [2.24, 2.45) is 0 Å². The standard InChI is InChI=1S/C44H29N3S2/c1-2-8-36(9-3-1)47(37-26-22-32(23-27-37)30-14-18-34(19-15-30)43-45-39-10-4-6-12-41(39)48-43)38-28-24-33(25-29-38)31-16-20-35(21-17-31)44-46-40-11-5-7-13-42(40)49-44/h1-29H. The summed E-state index contributed by atoms with van der Waals surface area (Å²) in [6.07, 6.45) is 0. The second-order valence-corrected chi connectivity index (χ2v) is 14.0. The molecule has 2 heterocycles. The van der Waals surface area contributed by atoms with E-state index in [2.05, 4.69) is 169 Å². The summed E-state index contributed by atoms with van der Waals surface area (Å²) < 4.78 is 2.43. The first-order chi connectivity index (χ1) is 24.2. The van der Waals surface area contributed by atoms with Gasteiger partial charge in [-0.25, -0.2) is 9.97 Å². The second kappa shape index (κ2) is 12.6. The maximum atomic E-state index is 4.83. The molecule has 0 aliphatic carbocycles. The number of thiazole rings is 2. The fraction of sp³-hybridized carbons (Fsp3) is 0. The number of nitrogens with zero attached hydrogens (tertiary/aromatic N) is 3. The van der Waals surface area contributed by atoms with E-state index in [0.717, 1.165) is 49.2 Å². The zero-order valence-electron chi connectivity index (χ0n) is 26.4. The Morgan fingerprint density at radius 2 is 0.633 bits per heavy atom. The van der Waals surface area contributed by atoms with Gasteiger partial charge in [-0.2, -0.15) is 0 Å². The number of rotatable bonds is 7. The van der Waals surface area contributed by atoms with Crippen molar-refractivity contribution in [1.82, 2.24) is 9.97 Å². The van der Waals surface area contributed by atoms with Crippen LogP contribution in [-0.4, -0.2) is 9.97 Å². The number of hydrogen-bond acceptors (Lipinski definition) is 5. The molecular weight excluding hydrogens is 635 g/mol. The van der Waals surface area contributed by atoms with Crippen molar-refractivity contribution >= 4 is 60.2 Å². The molecule has 0 fully saturated rings. The van der Waals surface area contributed by atoms with Gasteiger partial charge in [-0.05, 0) is 82.9 Å². The zero-order valence-corrected chi connectivity index (χ0v) is 28.0. The molecule has 0 bridgehead atoms. The monoisotopic (exact) mass is 663 g/mol. The molecular formula is C44H29N3S2. The van der Waals surface area contributed by atoms with Crippen LogP contribution in [0.4, 0.5) is 17.1 Å². The average molecular weight is 664 g/mol. The van der Waals surface area contributed by atoms with E-state index in [9.17, 15) is 0 Å². The van der Waals surface area contributed by atoms with Crippen LogP contribution in [0.2, 0.25) is 0 Å². The van der Waals surface area contributed by atoms with Gasteiger partial charge >= 0.3 is 0 Å². The molecule has 2 aromatic heterocycles. The molecule has 0 aliphatic heterocycles. The number of fused-ring (bicyclic) bond motifs is 2. The Bertz CT molecular complexity index is 2290. The summed E-state index contributed by atoms with van der Waals surface area (Å²) >= 11 is 3.47. The number of aromatic nitrogens is 2. The summed E-state index contributed by atoms with van der Waals surface area (Å²) in [4.78, 5) is 12.0. The molecule has 0 spiro atoms. The van der Waals surface area contributed by atoms with Crippen LogP contribution in [0.15, 0.2) is 176 Å². The molecule has 3 nitrogen and oxygen atoms in total. The third kappa shape index (κ3) is 5.80. The summed E-state index contributed by atoms with van der Waals surface area (Å²) in [5.74, 6) is 0. The molecule has 232 valence electrons. The molecule has 9 rings (SSSR count). The van der Waals surface area contributed by atoms with Crippen molar-refractivity contribution < 1.29 is 0 Å². The van der Waals surface area contributed by atoms with Gasteiger partial charge in [0.2, 0.25) is 0 Å². The minimum Gasteiger partial charge on any atom is -0.311 e. The number of benzene rings is 7. The highest BCUT2D eigenvalue weighted by atomic mass is 32.1. The van der Waals surface area contributed by atoms with Crippen molar-refractivity contribution in [2.45, 2.75) is 0 Å². The van der Waals surface area contributed by atoms with Gasteiger partial charge in [0.05, 0.1) is 20.4 Å². The van der Waals surface area contributed by atoms with E-state index in [1.807, 2.05) is 12.1 Å². The van der Waals surface area contributed by atoms with E-state index in [-0.39, 0.29) is 0 Å². The van der Waals surface area contributed by atoms with Gasteiger partial charge < -0.3 is 4.90 Å². The molecule has 0 saturated heterocycles. The number of anilines is 3. The van der Waals surface area contributed by atoms with Gasteiger partial charge in [0.25, 0.3) is 0 Å². The minimum atomic E-state index is 1.05. The Balaban J connectivity index is 0.968. The summed E-state index contributed by atoms with van der Waals surface area (Å²) in [5.41, 5.74) is 12.4. The Hall–Kier alpha value is -5.88. The maximum Gasteiger partial charge on any atom is 0.124 e. The van der Waals surface area contributed by atoms with Crippen molar-refractivity contribution in [3.05, 3.63) is 176 Å². The van der Waals surface area contributed by atoms with Gasteiger partial charge in [-0.1, -0.05) is 115 Å². The third-order valence-electron chi connectivity index (χ3n) is 8.78. The second-order valence-electron chi connectivity index (χ2n) is 11.9. The van der Waals surface area contributed by atoms with E-state index < -0.39 is 0 Å². The highest BCUT2D eigenvalue weighted by molar-refractivity contribution is 7.22. The normalized spacial score (nSPS) is 11.3. The minimum absolute atomic E-state index is 1.05. The first-order valence-corrected chi connectivity index (χ1v) is 17.9. The fourth-order valence-electron chi connectivity index (χ4n) is 6.23. The van der Waals surface area contributed by atoms with Crippen LogP contribution in [0.3, 0.4) is 0 Å². The quantitative estimate of drug-likeness (QED) is 0.170. The highest BCUT2D eigenvalue weighted by Crippen LogP contribution is 2.38. The van der Waals surface area contributed by atoms with E-state index in [4.69, 9.17) is 9.97 Å². The Kier molecular flexibility index (Phi) is 7.54. The lowest BCUT2D eigenvalue weighted by molar-refractivity contribution is 1.28. The van der Waals surface area contributed by atoms with Crippen molar-refractivity contribution in [1.29, 1.82) is 0 Å². The molecule has 0 N–H and O–H groups in total. The zero-order chi connectivity index (χ0) is 32.6. The molecule has 0 atom stereocenters. The van der Waals surface area contributed by atoms with Crippen LogP contribution in [0.25, 0.3) is 63.8 Å². The Labute approximate surface area is 293 Å². The van der Waals surface area contributed by atoms with Crippen LogP contribution in [0.5, 0.6) is 0 Å². The van der Waals surface area contributed by atoms with E-state index in [1.165, 1.54) is 31.7 Å². The molecule has 49 heavy (non-hydrogen) atoms. The summed E-state index contributed by atoms with van der Waals surface area (Å²) in [7, 11) is 0. The van der Waals surface area contributed by atoms with Crippen LogP contribution >= 0.6 is 22.7 Å².